The molecule has 0 amide bonds. The third-order valence-corrected chi connectivity index (χ3v) is 3.08. The average molecular weight is 240 g/mol. The van der Waals surface area contributed by atoms with Gasteiger partial charge in [-0.05, 0) is 18.1 Å². The van der Waals surface area contributed by atoms with Gasteiger partial charge in [-0.1, -0.05) is 31.4 Å². The molecule has 0 unspecified atom stereocenters. The first-order valence-electron chi connectivity index (χ1n) is 5.73. The number of benzene rings is 1. The summed E-state index contributed by atoms with van der Waals surface area (Å²) in [6, 6.07) is 6.00. The number of carbonyl (C=O) groups is 1. The number of ketones is 1. The van der Waals surface area contributed by atoms with E-state index in [0.29, 0.717) is 17.9 Å². The van der Waals surface area contributed by atoms with Crippen LogP contribution in [-0.4, -0.2) is 12.4 Å². The summed E-state index contributed by atoms with van der Waals surface area (Å²) in [7, 11) is 0. The van der Waals surface area contributed by atoms with Gasteiger partial charge in [0.2, 0.25) is 0 Å². The number of carbonyl (C=O) groups excluding carboxylic acids is 1. The largest absolute Gasteiger partial charge is 0.435 e. The Hall–Kier alpha value is -1.45. The summed E-state index contributed by atoms with van der Waals surface area (Å²) < 4.78 is 28.3. The van der Waals surface area contributed by atoms with Crippen LogP contribution in [0.1, 0.15) is 36.0 Å². The summed E-state index contributed by atoms with van der Waals surface area (Å²) in [6.07, 6.45) is 3.89. The van der Waals surface area contributed by atoms with Crippen LogP contribution >= 0.6 is 0 Å². The van der Waals surface area contributed by atoms with E-state index in [9.17, 15) is 13.6 Å². The molecular weight excluding hydrogens is 226 g/mol. The lowest BCUT2D eigenvalue weighted by atomic mass is 9.81. The molecule has 0 heterocycles. The fraction of sp³-hybridized carbons (Fsp3) is 0.462. The maximum atomic E-state index is 12.0. The summed E-state index contributed by atoms with van der Waals surface area (Å²) >= 11 is 0. The molecule has 1 aromatic carbocycles. The van der Waals surface area contributed by atoms with Crippen LogP contribution in [0.4, 0.5) is 8.78 Å². The van der Waals surface area contributed by atoms with Crippen LogP contribution in [0, 0.1) is 5.92 Å². The highest BCUT2D eigenvalue weighted by Crippen LogP contribution is 2.30. The van der Waals surface area contributed by atoms with Crippen LogP contribution in [-0.2, 0) is 0 Å². The standard InChI is InChI=1S/C13H14F2O2/c14-13(15)17-11-6-2-5-10(8-11)12(16)7-9-3-1-4-9/h2,5-6,8-9,13H,1,3-4,7H2. The molecule has 0 aliphatic heterocycles. The highest BCUT2D eigenvalue weighted by molar-refractivity contribution is 5.96. The van der Waals surface area contributed by atoms with Crippen molar-refractivity contribution in [3.63, 3.8) is 0 Å². The molecule has 4 heteroatoms. The van der Waals surface area contributed by atoms with Gasteiger partial charge in [0.05, 0.1) is 0 Å². The van der Waals surface area contributed by atoms with Crippen LogP contribution in [0.5, 0.6) is 5.75 Å². The molecule has 2 rings (SSSR count). The highest BCUT2D eigenvalue weighted by Gasteiger charge is 2.21. The molecule has 1 fully saturated rings. The number of hydrogen-bond acceptors (Lipinski definition) is 2. The van der Waals surface area contributed by atoms with Crippen molar-refractivity contribution in [3.05, 3.63) is 29.8 Å². The third kappa shape index (κ3) is 3.25. The Balaban J connectivity index is 2.01. The Morgan fingerprint density at radius 2 is 2.18 bits per heavy atom. The van der Waals surface area contributed by atoms with E-state index in [0.717, 1.165) is 12.8 Å². The summed E-state index contributed by atoms with van der Waals surface area (Å²) in [5.74, 6) is 0.524. The average Bonchev–Trinajstić information content (AvgIpc) is 2.22. The van der Waals surface area contributed by atoms with Gasteiger partial charge >= 0.3 is 6.61 Å². The number of ether oxygens (including phenoxy) is 1. The number of Topliss-reactive ketones (excluding diaryl/α,β-unsaturated/α-hetero) is 1. The molecule has 0 spiro atoms. The molecule has 92 valence electrons. The zero-order chi connectivity index (χ0) is 12.3. The van der Waals surface area contributed by atoms with Crippen molar-refractivity contribution in [1.29, 1.82) is 0 Å². The van der Waals surface area contributed by atoms with E-state index >= 15 is 0 Å². The number of alkyl halides is 2. The van der Waals surface area contributed by atoms with E-state index in [2.05, 4.69) is 4.74 Å². The van der Waals surface area contributed by atoms with Crippen LogP contribution in [0.25, 0.3) is 0 Å². The Morgan fingerprint density at radius 3 is 2.76 bits per heavy atom. The predicted octanol–water partition coefficient (Wildman–Crippen LogP) is 3.66. The van der Waals surface area contributed by atoms with Crippen molar-refractivity contribution in [2.75, 3.05) is 0 Å². The molecular formula is C13H14F2O2. The molecule has 1 aliphatic carbocycles. The minimum absolute atomic E-state index is 0.00872. The Kier molecular flexibility index (Phi) is 3.71. The van der Waals surface area contributed by atoms with Gasteiger partial charge in [-0.25, -0.2) is 0 Å². The Bertz CT molecular complexity index is 400. The first-order valence-corrected chi connectivity index (χ1v) is 5.73. The van der Waals surface area contributed by atoms with Crippen LogP contribution < -0.4 is 4.74 Å². The van der Waals surface area contributed by atoms with E-state index < -0.39 is 6.61 Å². The van der Waals surface area contributed by atoms with Gasteiger partial charge in [0.1, 0.15) is 5.75 Å². The second-order valence-electron chi connectivity index (χ2n) is 4.33. The summed E-state index contributed by atoms with van der Waals surface area (Å²) in [4.78, 5) is 11.8. The third-order valence-electron chi connectivity index (χ3n) is 3.08. The van der Waals surface area contributed by atoms with Gasteiger partial charge < -0.3 is 4.74 Å². The lowest BCUT2D eigenvalue weighted by molar-refractivity contribution is -0.0498. The van der Waals surface area contributed by atoms with Gasteiger partial charge in [-0.3, -0.25) is 4.79 Å². The normalized spacial score (nSPS) is 15.7. The molecule has 0 bridgehead atoms. The molecule has 1 aromatic rings. The summed E-state index contributed by atoms with van der Waals surface area (Å²) in [5.41, 5.74) is 0.454. The Labute approximate surface area is 98.6 Å². The molecule has 0 N–H and O–H groups in total. The summed E-state index contributed by atoms with van der Waals surface area (Å²) in [6.45, 7) is -2.85. The van der Waals surface area contributed by atoms with Crippen molar-refractivity contribution in [1.82, 2.24) is 0 Å². The molecule has 0 atom stereocenters. The van der Waals surface area contributed by atoms with E-state index in [1.807, 2.05) is 0 Å². The maximum absolute atomic E-state index is 12.0. The number of rotatable bonds is 5. The molecule has 17 heavy (non-hydrogen) atoms. The van der Waals surface area contributed by atoms with Gasteiger partial charge in [-0.15, -0.1) is 0 Å². The smallest absolute Gasteiger partial charge is 0.387 e. The highest BCUT2D eigenvalue weighted by atomic mass is 19.3. The minimum Gasteiger partial charge on any atom is -0.435 e. The lowest BCUT2D eigenvalue weighted by Gasteiger charge is -2.24. The number of hydrogen-bond donors (Lipinski definition) is 0. The molecule has 1 aliphatic rings. The van der Waals surface area contributed by atoms with E-state index in [1.54, 1.807) is 12.1 Å². The quantitative estimate of drug-likeness (QED) is 0.734. The van der Waals surface area contributed by atoms with Gasteiger partial charge in [0.15, 0.2) is 5.78 Å². The first kappa shape index (κ1) is 12.0. The fourth-order valence-corrected chi connectivity index (χ4v) is 1.92. The Morgan fingerprint density at radius 1 is 1.41 bits per heavy atom. The molecule has 0 aromatic heterocycles. The van der Waals surface area contributed by atoms with Crippen LogP contribution in [0.15, 0.2) is 24.3 Å². The van der Waals surface area contributed by atoms with Gasteiger partial charge in [-0.2, -0.15) is 8.78 Å². The van der Waals surface area contributed by atoms with E-state index in [-0.39, 0.29) is 11.5 Å². The lowest BCUT2D eigenvalue weighted by Crippen LogP contribution is -2.16. The summed E-state index contributed by atoms with van der Waals surface area (Å²) in [5, 5.41) is 0. The predicted molar refractivity (Wildman–Crippen MR) is 59.4 cm³/mol. The van der Waals surface area contributed by atoms with Crippen molar-refractivity contribution >= 4 is 5.78 Å². The SMILES string of the molecule is O=C(CC1CCC1)c1cccc(OC(F)F)c1. The second-order valence-corrected chi connectivity index (χ2v) is 4.33. The monoisotopic (exact) mass is 240 g/mol. The van der Waals surface area contributed by atoms with Crippen LogP contribution in [0.2, 0.25) is 0 Å². The van der Waals surface area contributed by atoms with Gasteiger partial charge in [0.25, 0.3) is 0 Å². The van der Waals surface area contributed by atoms with Crippen molar-refractivity contribution in [3.8, 4) is 5.75 Å². The molecule has 2 nitrogen and oxygen atoms in total. The van der Waals surface area contributed by atoms with Crippen LogP contribution in [0.3, 0.4) is 0 Å². The zero-order valence-corrected chi connectivity index (χ0v) is 9.36. The van der Waals surface area contributed by atoms with E-state index in [4.69, 9.17) is 0 Å². The molecule has 1 saturated carbocycles. The zero-order valence-electron chi connectivity index (χ0n) is 9.36. The van der Waals surface area contributed by atoms with Crippen molar-refractivity contribution in [2.45, 2.75) is 32.3 Å². The molecule has 0 radical (unpaired) electrons. The van der Waals surface area contributed by atoms with Gasteiger partial charge in [0, 0.05) is 12.0 Å². The van der Waals surface area contributed by atoms with Crippen molar-refractivity contribution < 1.29 is 18.3 Å². The topological polar surface area (TPSA) is 26.3 Å². The molecule has 0 saturated heterocycles. The maximum Gasteiger partial charge on any atom is 0.387 e. The second kappa shape index (κ2) is 5.25. The van der Waals surface area contributed by atoms with E-state index in [1.165, 1.54) is 18.6 Å². The first-order chi connectivity index (χ1) is 8.15. The number of halogens is 2. The minimum atomic E-state index is -2.85. The fourth-order valence-electron chi connectivity index (χ4n) is 1.92. The van der Waals surface area contributed by atoms with Crippen molar-refractivity contribution in [2.24, 2.45) is 5.92 Å².